The molecular formula is C15H20N2O4. The maximum atomic E-state index is 10.9. The fraction of sp³-hybridized carbons (Fsp3) is 0.467. The number of aromatic amines is 1. The van der Waals surface area contributed by atoms with Crippen LogP contribution in [0.25, 0.3) is 11.0 Å². The van der Waals surface area contributed by atoms with Gasteiger partial charge in [0.15, 0.2) is 11.5 Å². The van der Waals surface area contributed by atoms with Crippen molar-refractivity contribution in [2.24, 2.45) is 5.41 Å². The Labute approximate surface area is 123 Å². The highest BCUT2D eigenvalue weighted by Gasteiger charge is 2.24. The number of rotatable bonds is 6. The van der Waals surface area contributed by atoms with Crippen LogP contribution in [-0.4, -0.2) is 35.3 Å². The van der Waals surface area contributed by atoms with E-state index in [-0.39, 0.29) is 11.8 Å². The summed E-state index contributed by atoms with van der Waals surface area (Å²) in [6.07, 6.45) is 0.648. The molecule has 114 valence electrons. The molecule has 0 radical (unpaired) electrons. The summed E-state index contributed by atoms with van der Waals surface area (Å²) in [4.78, 5) is 18.6. The molecule has 6 heteroatoms. The van der Waals surface area contributed by atoms with Gasteiger partial charge in [-0.2, -0.15) is 0 Å². The van der Waals surface area contributed by atoms with Crippen molar-refractivity contribution in [3.05, 3.63) is 18.0 Å². The van der Waals surface area contributed by atoms with Gasteiger partial charge in [-0.1, -0.05) is 13.8 Å². The smallest absolute Gasteiger partial charge is 0.303 e. The number of imidazole rings is 1. The number of nitrogens with zero attached hydrogens (tertiary/aromatic N) is 1. The molecule has 0 aliphatic rings. The number of carboxylic acid groups (broad SMARTS) is 1. The Morgan fingerprint density at radius 2 is 1.90 bits per heavy atom. The zero-order valence-corrected chi connectivity index (χ0v) is 12.7. The van der Waals surface area contributed by atoms with E-state index in [0.717, 1.165) is 16.9 Å². The van der Waals surface area contributed by atoms with Crippen LogP contribution in [0.4, 0.5) is 0 Å². The highest BCUT2D eigenvalue weighted by molar-refractivity contribution is 5.79. The number of nitrogens with one attached hydrogen (secondary N) is 1. The molecule has 1 heterocycles. The second-order valence-corrected chi connectivity index (χ2v) is 5.82. The zero-order chi connectivity index (χ0) is 15.6. The molecule has 1 aromatic heterocycles. The summed E-state index contributed by atoms with van der Waals surface area (Å²) in [6.45, 7) is 3.82. The first-order valence-corrected chi connectivity index (χ1v) is 6.67. The lowest BCUT2D eigenvalue weighted by Gasteiger charge is -2.20. The van der Waals surface area contributed by atoms with Crippen LogP contribution in [0.15, 0.2) is 12.1 Å². The number of fused-ring (bicyclic) bond motifs is 1. The number of aliphatic carboxylic acids is 1. The number of H-pyrrole nitrogens is 1. The van der Waals surface area contributed by atoms with Crippen molar-refractivity contribution >= 4 is 17.0 Å². The Morgan fingerprint density at radius 3 is 2.48 bits per heavy atom. The van der Waals surface area contributed by atoms with Crippen molar-refractivity contribution in [1.29, 1.82) is 0 Å². The topological polar surface area (TPSA) is 84.4 Å². The summed E-state index contributed by atoms with van der Waals surface area (Å²) in [7, 11) is 3.16. The minimum atomic E-state index is -0.806. The predicted octanol–water partition coefficient (Wildman–Crippen LogP) is 2.62. The van der Waals surface area contributed by atoms with Crippen molar-refractivity contribution in [2.75, 3.05) is 14.2 Å². The average molecular weight is 292 g/mol. The van der Waals surface area contributed by atoms with Gasteiger partial charge in [0.1, 0.15) is 5.82 Å². The van der Waals surface area contributed by atoms with Gasteiger partial charge in [0.2, 0.25) is 0 Å². The van der Waals surface area contributed by atoms with Gasteiger partial charge in [-0.3, -0.25) is 4.79 Å². The lowest BCUT2D eigenvalue weighted by Crippen LogP contribution is -2.20. The summed E-state index contributed by atoms with van der Waals surface area (Å²) >= 11 is 0. The molecule has 0 amide bonds. The van der Waals surface area contributed by atoms with Crippen LogP contribution in [0.5, 0.6) is 11.5 Å². The average Bonchev–Trinajstić information content (AvgIpc) is 2.75. The predicted molar refractivity (Wildman–Crippen MR) is 78.9 cm³/mol. The summed E-state index contributed by atoms with van der Waals surface area (Å²) in [5.74, 6) is 1.20. The summed E-state index contributed by atoms with van der Waals surface area (Å²) < 4.78 is 10.5. The van der Waals surface area contributed by atoms with E-state index in [0.29, 0.717) is 17.9 Å². The Morgan fingerprint density at radius 1 is 1.29 bits per heavy atom. The zero-order valence-electron chi connectivity index (χ0n) is 12.7. The number of benzene rings is 1. The fourth-order valence-corrected chi connectivity index (χ4v) is 2.40. The summed E-state index contributed by atoms with van der Waals surface area (Å²) in [5, 5.41) is 8.94. The summed E-state index contributed by atoms with van der Waals surface area (Å²) in [5.41, 5.74) is 1.25. The van der Waals surface area contributed by atoms with Gasteiger partial charge < -0.3 is 19.6 Å². The summed E-state index contributed by atoms with van der Waals surface area (Å²) in [6, 6.07) is 3.63. The first-order valence-electron chi connectivity index (χ1n) is 6.67. The van der Waals surface area contributed by atoms with E-state index in [1.807, 2.05) is 19.9 Å². The van der Waals surface area contributed by atoms with Gasteiger partial charge in [-0.05, 0) is 5.41 Å². The maximum absolute atomic E-state index is 10.9. The second-order valence-electron chi connectivity index (χ2n) is 5.82. The van der Waals surface area contributed by atoms with Crippen molar-refractivity contribution in [2.45, 2.75) is 26.7 Å². The van der Waals surface area contributed by atoms with Gasteiger partial charge in [-0.15, -0.1) is 0 Å². The van der Waals surface area contributed by atoms with Crippen molar-refractivity contribution in [3.63, 3.8) is 0 Å². The van der Waals surface area contributed by atoms with Gasteiger partial charge in [-0.25, -0.2) is 4.98 Å². The molecule has 0 saturated heterocycles. The Kier molecular flexibility index (Phi) is 4.06. The number of carbonyl (C=O) groups is 1. The number of hydrogen-bond donors (Lipinski definition) is 2. The third-order valence-corrected chi connectivity index (χ3v) is 3.31. The van der Waals surface area contributed by atoms with Crippen LogP contribution < -0.4 is 9.47 Å². The second kappa shape index (κ2) is 5.63. The lowest BCUT2D eigenvalue weighted by molar-refractivity contribution is -0.139. The molecule has 0 fully saturated rings. The third kappa shape index (κ3) is 3.45. The molecule has 0 spiro atoms. The van der Waals surface area contributed by atoms with E-state index in [9.17, 15) is 4.79 Å². The highest BCUT2D eigenvalue weighted by Crippen LogP contribution is 2.32. The molecule has 2 rings (SSSR count). The Balaban J connectivity index is 2.32. The molecule has 0 saturated carbocycles. The standard InChI is InChI=1S/C15H20N2O4/c1-15(2,8-14(18)19)7-13-16-9-5-11(20-3)12(21-4)6-10(9)17-13/h5-6H,7-8H2,1-4H3,(H,16,17)(H,18,19). The molecule has 6 nitrogen and oxygen atoms in total. The largest absolute Gasteiger partial charge is 0.493 e. The van der Waals surface area contributed by atoms with E-state index < -0.39 is 5.97 Å². The first-order chi connectivity index (χ1) is 9.84. The Bertz CT molecular complexity index is 620. The van der Waals surface area contributed by atoms with E-state index >= 15 is 0 Å². The van der Waals surface area contributed by atoms with E-state index in [1.54, 1.807) is 20.3 Å². The molecule has 0 atom stereocenters. The van der Waals surface area contributed by atoms with Crippen LogP contribution in [0.1, 0.15) is 26.1 Å². The van der Waals surface area contributed by atoms with E-state index in [2.05, 4.69) is 9.97 Å². The molecule has 1 aromatic carbocycles. The van der Waals surface area contributed by atoms with Crippen LogP contribution in [0, 0.1) is 5.41 Å². The molecule has 2 N–H and O–H groups in total. The SMILES string of the molecule is COc1cc2nc(CC(C)(C)CC(=O)O)[nH]c2cc1OC. The number of aromatic nitrogens is 2. The molecule has 0 aliphatic heterocycles. The van der Waals surface area contributed by atoms with Crippen LogP contribution >= 0.6 is 0 Å². The first kappa shape index (κ1) is 15.2. The third-order valence-electron chi connectivity index (χ3n) is 3.31. The highest BCUT2D eigenvalue weighted by atomic mass is 16.5. The Hall–Kier alpha value is -2.24. The normalized spacial score (nSPS) is 11.6. The maximum Gasteiger partial charge on any atom is 0.303 e. The fourth-order valence-electron chi connectivity index (χ4n) is 2.40. The monoisotopic (exact) mass is 292 g/mol. The number of methoxy groups -OCH3 is 2. The van der Waals surface area contributed by atoms with Crippen LogP contribution in [-0.2, 0) is 11.2 Å². The van der Waals surface area contributed by atoms with Gasteiger partial charge in [0.05, 0.1) is 31.7 Å². The van der Waals surface area contributed by atoms with E-state index in [1.165, 1.54) is 0 Å². The number of carboxylic acids is 1. The van der Waals surface area contributed by atoms with E-state index in [4.69, 9.17) is 14.6 Å². The molecule has 0 aliphatic carbocycles. The molecule has 21 heavy (non-hydrogen) atoms. The molecular weight excluding hydrogens is 272 g/mol. The molecule has 0 unspecified atom stereocenters. The van der Waals surface area contributed by atoms with Crippen molar-refractivity contribution in [1.82, 2.24) is 9.97 Å². The van der Waals surface area contributed by atoms with Gasteiger partial charge in [0, 0.05) is 18.6 Å². The quantitative estimate of drug-likeness (QED) is 0.855. The van der Waals surface area contributed by atoms with Gasteiger partial charge in [0.25, 0.3) is 0 Å². The minimum Gasteiger partial charge on any atom is -0.493 e. The van der Waals surface area contributed by atoms with Crippen molar-refractivity contribution in [3.8, 4) is 11.5 Å². The lowest BCUT2D eigenvalue weighted by atomic mass is 9.85. The van der Waals surface area contributed by atoms with Crippen LogP contribution in [0.2, 0.25) is 0 Å². The molecule has 2 aromatic rings. The van der Waals surface area contributed by atoms with Crippen LogP contribution in [0.3, 0.4) is 0 Å². The molecule has 0 bridgehead atoms. The minimum absolute atomic E-state index is 0.0939. The van der Waals surface area contributed by atoms with Gasteiger partial charge >= 0.3 is 5.97 Å². The number of hydrogen-bond acceptors (Lipinski definition) is 4. The number of ether oxygens (including phenoxy) is 2. The van der Waals surface area contributed by atoms with Crippen molar-refractivity contribution < 1.29 is 19.4 Å².